The Morgan fingerprint density at radius 3 is 2.44 bits per heavy atom. The van der Waals surface area contributed by atoms with Crippen molar-refractivity contribution in [1.29, 1.82) is 0 Å². The molecule has 1 aliphatic heterocycles. The summed E-state index contributed by atoms with van der Waals surface area (Å²) in [6.07, 6.45) is 4.36. The van der Waals surface area contributed by atoms with E-state index in [0.717, 1.165) is 39.1 Å². The number of hydrogen-bond donors (Lipinski definition) is 0. The van der Waals surface area contributed by atoms with Gasteiger partial charge in [-0.3, -0.25) is 4.90 Å². The highest BCUT2D eigenvalue weighted by molar-refractivity contribution is 7.89. The number of aryl methyl sites for hydroxylation is 1. The van der Waals surface area contributed by atoms with Gasteiger partial charge in [-0.25, -0.2) is 12.7 Å². The van der Waals surface area contributed by atoms with Crippen LogP contribution in [0.25, 0.3) is 0 Å². The smallest absolute Gasteiger partial charge is 0.213 e. The van der Waals surface area contributed by atoms with Crippen LogP contribution >= 0.6 is 0 Å². The summed E-state index contributed by atoms with van der Waals surface area (Å²) in [6, 6.07) is 9.52. The standard InChI is InChI=1S/C19H31N3O2S/c1-20(2)25(23,24)15-5-10-21-11-13-22(14-12-21)19-9-8-17-6-3-4-7-18(17)16-19/h3-4,6-7,19H,5,8-16H2,1-2H3/t19-/m0/s1. The minimum Gasteiger partial charge on any atom is -0.301 e. The van der Waals surface area contributed by atoms with Gasteiger partial charge in [-0.15, -0.1) is 0 Å². The molecule has 0 aromatic heterocycles. The zero-order valence-corrected chi connectivity index (χ0v) is 16.3. The number of sulfonamides is 1. The molecule has 1 heterocycles. The van der Waals surface area contributed by atoms with Crippen LogP contribution in [0, 0.1) is 0 Å². The van der Waals surface area contributed by atoms with Crippen molar-refractivity contribution >= 4 is 10.0 Å². The van der Waals surface area contributed by atoms with Crippen LogP contribution in [0.5, 0.6) is 0 Å². The molecule has 0 radical (unpaired) electrons. The van der Waals surface area contributed by atoms with Crippen molar-refractivity contribution < 1.29 is 8.42 Å². The third-order valence-corrected chi connectivity index (χ3v) is 7.59. The molecule has 0 unspecified atom stereocenters. The number of hydrogen-bond acceptors (Lipinski definition) is 4. The zero-order chi connectivity index (χ0) is 17.9. The minimum absolute atomic E-state index is 0.250. The molecule has 1 saturated heterocycles. The Hall–Kier alpha value is -0.950. The van der Waals surface area contributed by atoms with Gasteiger partial charge in [-0.1, -0.05) is 24.3 Å². The summed E-state index contributed by atoms with van der Waals surface area (Å²) in [6.45, 7) is 5.20. The first-order chi connectivity index (χ1) is 12.0. The lowest BCUT2D eigenvalue weighted by atomic mass is 9.87. The largest absolute Gasteiger partial charge is 0.301 e. The lowest BCUT2D eigenvalue weighted by Gasteiger charge is -2.41. The molecular weight excluding hydrogens is 334 g/mol. The Bertz CT molecular complexity index is 667. The lowest BCUT2D eigenvalue weighted by molar-refractivity contribution is 0.0897. The Kier molecular flexibility index (Phi) is 6.15. The van der Waals surface area contributed by atoms with Crippen molar-refractivity contribution in [2.24, 2.45) is 0 Å². The monoisotopic (exact) mass is 365 g/mol. The van der Waals surface area contributed by atoms with Gasteiger partial charge < -0.3 is 4.90 Å². The molecule has 140 valence electrons. The predicted octanol–water partition coefficient (Wildman–Crippen LogP) is 1.44. The average Bonchev–Trinajstić information content (AvgIpc) is 2.61. The highest BCUT2D eigenvalue weighted by atomic mass is 32.2. The van der Waals surface area contributed by atoms with Crippen LogP contribution in [-0.2, 0) is 22.9 Å². The Balaban J connectivity index is 1.42. The van der Waals surface area contributed by atoms with Gasteiger partial charge in [0.05, 0.1) is 5.75 Å². The normalized spacial score (nSPS) is 22.9. The van der Waals surface area contributed by atoms with E-state index in [1.54, 1.807) is 14.1 Å². The lowest BCUT2D eigenvalue weighted by Crippen LogP contribution is -2.51. The van der Waals surface area contributed by atoms with Crippen LogP contribution in [-0.4, -0.2) is 81.1 Å². The molecule has 1 fully saturated rings. The third kappa shape index (κ3) is 4.82. The summed E-state index contributed by atoms with van der Waals surface area (Å²) >= 11 is 0. The van der Waals surface area contributed by atoms with E-state index in [0.29, 0.717) is 6.04 Å². The van der Waals surface area contributed by atoms with Gasteiger partial charge in [0.2, 0.25) is 10.0 Å². The van der Waals surface area contributed by atoms with Gasteiger partial charge in [-0.2, -0.15) is 0 Å². The maximum atomic E-state index is 11.8. The summed E-state index contributed by atoms with van der Waals surface area (Å²) in [5, 5.41) is 0. The number of rotatable bonds is 6. The first kappa shape index (κ1) is 18.8. The molecule has 0 N–H and O–H groups in total. The molecule has 6 heteroatoms. The molecular formula is C19H31N3O2S. The quantitative estimate of drug-likeness (QED) is 0.765. The fraction of sp³-hybridized carbons (Fsp3) is 0.684. The topological polar surface area (TPSA) is 43.9 Å². The van der Waals surface area contributed by atoms with Crippen molar-refractivity contribution in [1.82, 2.24) is 14.1 Å². The maximum Gasteiger partial charge on any atom is 0.213 e. The van der Waals surface area contributed by atoms with E-state index in [2.05, 4.69) is 34.1 Å². The van der Waals surface area contributed by atoms with Crippen LogP contribution in [0.2, 0.25) is 0 Å². The van der Waals surface area contributed by atoms with Gasteiger partial charge in [-0.05, 0) is 43.4 Å². The fourth-order valence-corrected chi connectivity index (χ4v) is 4.85. The van der Waals surface area contributed by atoms with Crippen molar-refractivity contribution in [3.8, 4) is 0 Å². The number of nitrogens with zero attached hydrogens (tertiary/aromatic N) is 3. The molecule has 0 saturated carbocycles. The van der Waals surface area contributed by atoms with Crippen molar-refractivity contribution in [2.75, 3.05) is 52.6 Å². The second-order valence-corrected chi connectivity index (χ2v) is 9.80. The predicted molar refractivity (Wildman–Crippen MR) is 102 cm³/mol. The van der Waals surface area contributed by atoms with Crippen LogP contribution < -0.4 is 0 Å². The maximum absolute atomic E-state index is 11.8. The Morgan fingerprint density at radius 2 is 1.76 bits per heavy atom. The zero-order valence-electron chi connectivity index (χ0n) is 15.5. The molecule has 2 aliphatic rings. The molecule has 5 nitrogen and oxygen atoms in total. The van der Waals surface area contributed by atoms with Crippen molar-refractivity contribution in [3.05, 3.63) is 35.4 Å². The molecule has 1 aliphatic carbocycles. The SMILES string of the molecule is CN(C)S(=O)(=O)CCCN1CCN([C@H]2CCc3ccccc3C2)CC1. The van der Waals surface area contributed by atoms with E-state index in [1.807, 2.05) is 0 Å². The van der Waals surface area contributed by atoms with E-state index < -0.39 is 10.0 Å². The van der Waals surface area contributed by atoms with E-state index in [9.17, 15) is 8.42 Å². The van der Waals surface area contributed by atoms with Crippen LogP contribution in [0.3, 0.4) is 0 Å². The highest BCUT2D eigenvalue weighted by Crippen LogP contribution is 2.25. The van der Waals surface area contributed by atoms with Gasteiger partial charge in [0.1, 0.15) is 0 Å². The highest BCUT2D eigenvalue weighted by Gasteiger charge is 2.27. The molecule has 1 atom stereocenters. The number of fused-ring (bicyclic) bond motifs is 1. The third-order valence-electron chi connectivity index (χ3n) is 5.68. The molecule has 3 rings (SSSR count). The van der Waals surface area contributed by atoms with E-state index in [4.69, 9.17) is 0 Å². The molecule has 25 heavy (non-hydrogen) atoms. The summed E-state index contributed by atoms with van der Waals surface area (Å²) in [4.78, 5) is 5.06. The molecule has 0 amide bonds. The summed E-state index contributed by atoms with van der Waals surface area (Å²) in [7, 11) is 0.156. The Labute approximate surface area is 152 Å². The molecule has 0 spiro atoms. The molecule has 0 bridgehead atoms. The minimum atomic E-state index is -3.06. The summed E-state index contributed by atoms with van der Waals surface area (Å²) in [5.41, 5.74) is 3.05. The van der Waals surface area contributed by atoms with Crippen LogP contribution in [0.1, 0.15) is 24.0 Å². The average molecular weight is 366 g/mol. The van der Waals surface area contributed by atoms with E-state index in [-0.39, 0.29) is 5.75 Å². The molecule has 1 aromatic carbocycles. The number of benzene rings is 1. The van der Waals surface area contributed by atoms with Crippen molar-refractivity contribution in [2.45, 2.75) is 31.7 Å². The first-order valence-corrected chi connectivity index (χ1v) is 11.0. The van der Waals surface area contributed by atoms with Gasteiger partial charge in [0, 0.05) is 46.3 Å². The van der Waals surface area contributed by atoms with Crippen molar-refractivity contribution in [3.63, 3.8) is 0 Å². The van der Waals surface area contributed by atoms with Gasteiger partial charge >= 0.3 is 0 Å². The van der Waals surface area contributed by atoms with Gasteiger partial charge in [0.15, 0.2) is 0 Å². The second-order valence-electron chi connectivity index (χ2n) is 7.49. The molecule has 1 aromatic rings. The van der Waals surface area contributed by atoms with Gasteiger partial charge in [0.25, 0.3) is 0 Å². The van der Waals surface area contributed by atoms with E-state index in [1.165, 1.54) is 34.7 Å². The number of piperazine rings is 1. The van der Waals surface area contributed by atoms with Crippen LogP contribution in [0.15, 0.2) is 24.3 Å². The summed E-state index contributed by atoms with van der Waals surface area (Å²) in [5.74, 6) is 0.250. The second kappa shape index (κ2) is 8.16. The first-order valence-electron chi connectivity index (χ1n) is 9.39. The van der Waals surface area contributed by atoms with Crippen LogP contribution in [0.4, 0.5) is 0 Å². The summed E-state index contributed by atoms with van der Waals surface area (Å²) < 4.78 is 25.0. The fourth-order valence-electron chi connectivity index (χ4n) is 4.00. The van der Waals surface area contributed by atoms with E-state index >= 15 is 0 Å². The Morgan fingerprint density at radius 1 is 1.08 bits per heavy atom.